The standard InChI is InChI=1S/C12H17NO2/c1-12(2)7-13-9-5-8(14-3)6-10(15-4)11(9)12/h5-6,13H,7H2,1-4H3. The minimum Gasteiger partial charge on any atom is -0.497 e. The highest BCUT2D eigenvalue weighted by Crippen LogP contribution is 2.44. The van der Waals surface area contributed by atoms with Crippen molar-refractivity contribution in [2.45, 2.75) is 19.3 Å². The lowest BCUT2D eigenvalue weighted by Crippen LogP contribution is -2.19. The molecule has 0 atom stereocenters. The van der Waals surface area contributed by atoms with E-state index in [-0.39, 0.29) is 5.41 Å². The van der Waals surface area contributed by atoms with Crippen LogP contribution in [0.1, 0.15) is 19.4 Å². The fourth-order valence-electron chi connectivity index (χ4n) is 2.11. The van der Waals surface area contributed by atoms with Crippen molar-refractivity contribution >= 4 is 5.69 Å². The number of nitrogens with one attached hydrogen (secondary N) is 1. The molecular weight excluding hydrogens is 190 g/mol. The molecule has 0 unspecified atom stereocenters. The predicted octanol–water partition coefficient (Wildman–Crippen LogP) is 2.41. The lowest BCUT2D eigenvalue weighted by Gasteiger charge is -2.20. The van der Waals surface area contributed by atoms with Crippen LogP contribution in [0.5, 0.6) is 11.5 Å². The summed E-state index contributed by atoms with van der Waals surface area (Å²) in [6, 6.07) is 3.96. The monoisotopic (exact) mass is 207 g/mol. The summed E-state index contributed by atoms with van der Waals surface area (Å²) in [6.07, 6.45) is 0. The molecule has 3 heteroatoms. The van der Waals surface area contributed by atoms with E-state index in [1.54, 1.807) is 14.2 Å². The molecule has 3 nitrogen and oxygen atoms in total. The Kier molecular flexibility index (Phi) is 2.25. The molecule has 1 N–H and O–H groups in total. The van der Waals surface area contributed by atoms with E-state index in [1.807, 2.05) is 12.1 Å². The van der Waals surface area contributed by atoms with Crippen molar-refractivity contribution < 1.29 is 9.47 Å². The number of methoxy groups -OCH3 is 2. The van der Waals surface area contributed by atoms with Crippen LogP contribution >= 0.6 is 0 Å². The van der Waals surface area contributed by atoms with Gasteiger partial charge in [-0.15, -0.1) is 0 Å². The van der Waals surface area contributed by atoms with Gasteiger partial charge >= 0.3 is 0 Å². The predicted molar refractivity (Wildman–Crippen MR) is 61.1 cm³/mol. The van der Waals surface area contributed by atoms with Crippen LogP contribution in [-0.2, 0) is 5.41 Å². The molecule has 1 aromatic rings. The summed E-state index contributed by atoms with van der Waals surface area (Å²) in [5.41, 5.74) is 2.48. The van der Waals surface area contributed by atoms with Gasteiger partial charge in [0.15, 0.2) is 0 Å². The van der Waals surface area contributed by atoms with Crippen LogP contribution in [0.25, 0.3) is 0 Å². The molecular formula is C12H17NO2. The van der Waals surface area contributed by atoms with Crippen LogP contribution in [0.15, 0.2) is 12.1 Å². The summed E-state index contributed by atoms with van der Waals surface area (Å²) in [5, 5.41) is 3.38. The Morgan fingerprint density at radius 2 is 1.93 bits per heavy atom. The molecule has 1 aliphatic heterocycles. The van der Waals surface area contributed by atoms with Gasteiger partial charge in [0.25, 0.3) is 0 Å². The largest absolute Gasteiger partial charge is 0.497 e. The molecule has 15 heavy (non-hydrogen) atoms. The second-order valence-corrected chi connectivity index (χ2v) is 4.49. The van der Waals surface area contributed by atoms with E-state index in [0.717, 1.165) is 23.7 Å². The first kappa shape index (κ1) is 10.1. The second kappa shape index (κ2) is 3.33. The SMILES string of the molecule is COc1cc2c(c(OC)c1)C(C)(C)CN2. The van der Waals surface area contributed by atoms with E-state index in [4.69, 9.17) is 9.47 Å². The third-order valence-electron chi connectivity index (χ3n) is 2.93. The maximum Gasteiger partial charge on any atom is 0.128 e. The Bertz CT molecular complexity index is 385. The van der Waals surface area contributed by atoms with E-state index in [9.17, 15) is 0 Å². The van der Waals surface area contributed by atoms with Crippen LogP contribution in [0.4, 0.5) is 5.69 Å². The van der Waals surface area contributed by atoms with Crippen LogP contribution in [0, 0.1) is 0 Å². The highest BCUT2D eigenvalue weighted by Gasteiger charge is 2.33. The average Bonchev–Trinajstić information content (AvgIpc) is 2.54. The van der Waals surface area contributed by atoms with E-state index >= 15 is 0 Å². The Labute approximate surface area is 90.4 Å². The van der Waals surface area contributed by atoms with Crippen molar-refractivity contribution in [2.24, 2.45) is 0 Å². The van der Waals surface area contributed by atoms with Gasteiger partial charge in [0.05, 0.1) is 14.2 Å². The minimum atomic E-state index is 0.118. The van der Waals surface area contributed by atoms with Gasteiger partial charge in [0.1, 0.15) is 11.5 Å². The van der Waals surface area contributed by atoms with E-state index in [2.05, 4.69) is 19.2 Å². The van der Waals surface area contributed by atoms with Gasteiger partial charge in [-0.3, -0.25) is 0 Å². The molecule has 0 bridgehead atoms. The maximum atomic E-state index is 5.42. The van der Waals surface area contributed by atoms with Crippen LogP contribution in [0.2, 0.25) is 0 Å². The summed E-state index contributed by atoms with van der Waals surface area (Å²) in [4.78, 5) is 0. The van der Waals surface area contributed by atoms with Crippen molar-refractivity contribution in [1.29, 1.82) is 0 Å². The molecule has 0 radical (unpaired) electrons. The number of benzene rings is 1. The van der Waals surface area contributed by atoms with Gasteiger partial charge in [0, 0.05) is 35.3 Å². The molecule has 0 saturated heterocycles. The average molecular weight is 207 g/mol. The molecule has 0 amide bonds. The van der Waals surface area contributed by atoms with Gasteiger partial charge in [-0.05, 0) is 0 Å². The Morgan fingerprint density at radius 3 is 2.53 bits per heavy atom. The Balaban J connectivity index is 2.59. The van der Waals surface area contributed by atoms with Gasteiger partial charge in [0.2, 0.25) is 0 Å². The summed E-state index contributed by atoms with van der Waals surface area (Å²) in [5.74, 6) is 1.73. The molecule has 1 aromatic carbocycles. The number of ether oxygens (including phenoxy) is 2. The number of fused-ring (bicyclic) bond motifs is 1. The maximum absolute atomic E-state index is 5.42. The normalized spacial score (nSPS) is 16.8. The van der Waals surface area contributed by atoms with E-state index in [1.165, 1.54) is 5.56 Å². The van der Waals surface area contributed by atoms with Crippen LogP contribution < -0.4 is 14.8 Å². The molecule has 0 aromatic heterocycles. The topological polar surface area (TPSA) is 30.5 Å². The van der Waals surface area contributed by atoms with E-state index in [0.29, 0.717) is 0 Å². The van der Waals surface area contributed by atoms with Crippen molar-refractivity contribution in [3.8, 4) is 11.5 Å². The molecule has 0 aliphatic carbocycles. The summed E-state index contributed by atoms with van der Waals surface area (Å²) >= 11 is 0. The fourth-order valence-corrected chi connectivity index (χ4v) is 2.11. The first-order chi connectivity index (χ1) is 7.08. The molecule has 0 fully saturated rings. The van der Waals surface area contributed by atoms with Gasteiger partial charge < -0.3 is 14.8 Å². The lowest BCUT2D eigenvalue weighted by molar-refractivity contribution is 0.385. The lowest BCUT2D eigenvalue weighted by atomic mass is 9.86. The third kappa shape index (κ3) is 1.52. The zero-order chi connectivity index (χ0) is 11.1. The molecule has 0 spiro atoms. The summed E-state index contributed by atoms with van der Waals surface area (Å²) < 4.78 is 10.6. The quantitative estimate of drug-likeness (QED) is 0.807. The molecule has 2 rings (SSSR count). The minimum absolute atomic E-state index is 0.118. The van der Waals surface area contributed by atoms with Gasteiger partial charge in [-0.25, -0.2) is 0 Å². The van der Waals surface area contributed by atoms with Crippen molar-refractivity contribution in [2.75, 3.05) is 26.1 Å². The molecule has 1 aliphatic rings. The summed E-state index contributed by atoms with van der Waals surface area (Å²) in [6.45, 7) is 5.35. The third-order valence-corrected chi connectivity index (χ3v) is 2.93. The highest BCUT2D eigenvalue weighted by atomic mass is 16.5. The van der Waals surface area contributed by atoms with Crippen LogP contribution in [0.3, 0.4) is 0 Å². The highest BCUT2D eigenvalue weighted by molar-refractivity contribution is 5.68. The first-order valence-electron chi connectivity index (χ1n) is 5.09. The zero-order valence-electron chi connectivity index (χ0n) is 9.68. The Hall–Kier alpha value is -1.38. The molecule has 0 saturated carbocycles. The first-order valence-corrected chi connectivity index (χ1v) is 5.09. The number of anilines is 1. The molecule has 1 heterocycles. The number of rotatable bonds is 2. The van der Waals surface area contributed by atoms with Crippen molar-refractivity contribution in [1.82, 2.24) is 0 Å². The Morgan fingerprint density at radius 1 is 1.20 bits per heavy atom. The number of hydrogen-bond donors (Lipinski definition) is 1. The fraction of sp³-hybridized carbons (Fsp3) is 0.500. The zero-order valence-corrected chi connectivity index (χ0v) is 9.68. The van der Waals surface area contributed by atoms with E-state index < -0.39 is 0 Å². The van der Waals surface area contributed by atoms with Gasteiger partial charge in [-0.1, -0.05) is 13.8 Å². The van der Waals surface area contributed by atoms with Crippen molar-refractivity contribution in [3.63, 3.8) is 0 Å². The van der Waals surface area contributed by atoms with Gasteiger partial charge in [-0.2, -0.15) is 0 Å². The smallest absolute Gasteiger partial charge is 0.128 e. The van der Waals surface area contributed by atoms with Crippen molar-refractivity contribution in [3.05, 3.63) is 17.7 Å². The number of hydrogen-bond acceptors (Lipinski definition) is 3. The summed E-state index contributed by atoms with van der Waals surface area (Å²) in [7, 11) is 3.37. The molecule has 82 valence electrons. The second-order valence-electron chi connectivity index (χ2n) is 4.49. The van der Waals surface area contributed by atoms with Crippen LogP contribution in [-0.4, -0.2) is 20.8 Å².